The zero-order valence-electron chi connectivity index (χ0n) is 12.6. The maximum Gasteiger partial charge on any atom is 0.323 e. The number of hydrogen-bond acceptors (Lipinski definition) is 3. The van der Waals surface area contributed by atoms with Gasteiger partial charge in [-0.1, -0.05) is 23.7 Å². The van der Waals surface area contributed by atoms with Gasteiger partial charge in [-0.25, -0.2) is 4.79 Å². The second-order valence-corrected chi connectivity index (χ2v) is 5.73. The minimum Gasteiger partial charge on any atom is -0.376 e. The Kier molecular flexibility index (Phi) is 3.83. The number of imidazole rings is 1. The molecule has 3 rings (SSSR count). The number of carbonyl (C=O) groups excluding carboxylic acids is 1. The Morgan fingerprint density at radius 2 is 1.78 bits per heavy atom. The van der Waals surface area contributed by atoms with Gasteiger partial charge in [-0.15, -0.1) is 0 Å². The Balaban J connectivity index is 2.04. The first-order valence-corrected chi connectivity index (χ1v) is 7.33. The number of fused-ring (bicyclic) bond motifs is 1. The van der Waals surface area contributed by atoms with Crippen LogP contribution in [-0.4, -0.2) is 30.0 Å². The van der Waals surface area contributed by atoms with Crippen molar-refractivity contribution in [3.8, 4) is 0 Å². The molecular weight excluding hydrogens is 316 g/mol. The highest BCUT2D eigenvalue weighted by Gasteiger charge is 2.14. The van der Waals surface area contributed by atoms with Crippen LogP contribution in [0.3, 0.4) is 0 Å². The number of carbonyl (C=O) groups is 1. The second-order valence-electron chi connectivity index (χ2n) is 5.32. The number of benzene rings is 2. The summed E-state index contributed by atoms with van der Waals surface area (Å²) in [6.45, 7) is 0. The third kappa shape index (κ3) is 2.93. The summed E-state index contributed by atoms with van der Waals surface area (Å²) >= 11 is 6.06. The van der Waals surface area contributed by atoms with Crippen LogP contribution >= 0.6 is 11.6 Å². The van der Waals surface area contributed by atoms with Crippen molar-refractivity contribution < 1.29 is 4.79 Å². The van der Waals surface area contributed by atoms with Crippen LogP contribution in [0.2, 0.25) is 5.02 Å². The fraction of sp³-hybridized carbons (Fsp3) is 0.125. The van der Waals surface area contributed by atoms with Gasteiger partial charge in [0.05, 0.1) is 33.0 Å². The molecular formula is C16H15ClN4O2. The van der Waals surface area contributed by atoms with Gasteiger partial charge in [0, 0.05) is 14.1 Å². The smallest absolute Gasteiger partial charge is 0.323 e. The maximum atomic E-state index is 12.5. The van der Waals surface area contributed by atoms with E-state index in [2.05, 4.69) is 15.3 Å². The quantitative estimate of drug-likeness (QED) is 0.690. The average Bonchev–Trinajstić information content (AvgIpc) is 2.85. The molecule has 1 heterocycles. The number of halogens is 1. The van der Waals surface area contributed by atoms with Gasteiger partial charge in [0.15, 0.2) is 0 Å². The SMILES string of the molecule is CN(C)c1cc2[nH]c(=O)[nH]c2cc1NC(=O)c1ccccc1Cl. The fourth-order valence-electron chi connectivity index (χ4n) is 2.38. The van der Waals surface area contributed by atoms with Gasteiger partial charge in [-0.3, -0.25) is 4.79 Å². The van der Waals surface area contributed by atoms with Crippen LogP contribution in [0.15, 0.2) is 41.2 Å². The lowest BCUT2D eigenvalue weighted by molar-refractivity contribution is 0.102. The van der Waals surface area contributed by atoms with Gasteiger partial charge < -0.3 is 20.2 Å². The molecule has 0 bridgehead atoms. The van der Waals surface area contributed by atoms with Crippen LogP contribution in [0.1, 0.15) is 10.4 Å². The predicted octanol–water partition coefficient (Wildman–Crippen LogP) is 2.83. The molecule has 2 aromatic carbocycles. The van der Waals surface area contributed by atoms with Crippen LogP contribution < -0.4 is 15.9 Å². The summed E-state index contributed by atoms with van der Waals surface area (Å²) in [6.07, 6.45) is 0. The number of rotatable bonds is 3. The van der Waals surface area contributed by atoms with Gasteiger partial charge in [-0.05, 0) is 24.3 Å². The van der Waals surface area contributed by atoms with Crippen molar-refractivity contribution in [1.29, 1.82) is 0 Å². The van der Waals surface area contributed by atoms with E-state index in [1.54, 1.807) is 36.4 Å². The van der Waals surface area contributed by atoms with E-state index in [-0.39, 0.29) is 11.6 Å². The number of nitrogens with zero attached hydrogens (tertiary/aromatic N) is 1. The first kappa shape index (κ1) is 15.2. The molecule has 6 nitrogen and oxygen atoms in total. The molecule has 1 amide bonds. The second kappa shape index (κ2) is 5.81. The molecule has 0 aliphatic carbocycles. The average molecular weight is 331 g/mol. The first-order valence-electron chi connectivity index (χ1n) is 6.95. The van der Waals surface area contributed by atoms with Crippen molar-refractivity contribution >= 4 is 39.9 Å². The summed E-state index contributed by atoms with van der Waals surface area (Å²) in [6, 6.07) is 10.4. The molecule has 0 radical (unpaired) electrons. The van der Waals surface area contributed by atoms with E-state index in [0.717, 1.165) is 5.69 Å². The van der Waals surface area contributed by atoms with Crippen molar-refractivity contribution in [2.75, 3.05) is 24.3 Å². The molecule has 118 valence electrons. The van der Waals surface area contributed by atoms with Crippen molar-refractivity contribution in [2.24, 2.45) is 0 Å². The molecule has 7 heteroatoms. The van der Waals surface area contributed by atoms with Crippen LogP contribution in [0.25, 0.3) is 11.0 Å². The Labute approximate surface area is 137 Å². The normalized spacial score (nSPS) is 10.7. The summed E-state index contributed by atoms with van der Waals surface area (Å²) in [5, 5.41) is 3.23. The highest BCUT2D eigenvalue weighted by atomic mass is 35.5. The van der Waals surface area contributed by atoms with Crippen LogP contribution in [0, 0.1) is 0 Å². The monoisotopic (exact) mass is 330 g/mol. The standard InChI is InChI=1S/C16H15ClN4O2/c1-21(2)14-8-12-11(19-16(23)20-12)7-13(14)18-15(22)9-5-3-4-6-10(9)17/h3-8H,1-2H3,(H,18,22)(H2,19,20,23). The Bertz CT molecular complexity index is 943. The summed E-state index contributed by atoms with van der Waals surface area (Å²) in [5.41, 5.74) is 2.75. The van der Waals surface area contributed by atoms with E-state index >= 15 is 0 Å². The predicted molar refractivity (Wildman–Crippen MR) is 92.7 cm³/mol. The largest absolute Gasteiger partial charge is 0.376 e. The molecule has 0 aliphatic rings. The molecule has 0 fully saturated rings. The van der Waals surface area contributed by atoms with Crippen molar-refractivity contribution in [3.63, 3.8) is 0 Å². The van der Waals surface area contributed by atoms with Crippen LogP contribution in [0.5, 0.6) is 0 Å². The molecule has 0 spiro atoms. The minimum absolute atomic E-state index is 0.292. The molecule has 0 saturated heterocycles. The van der Waals surface area contributed by atoms with E-state index in [0.29, 0.717) is 27.3 Å². The van der Waals surface area contributed by atoms with Crippen molar-refractivity contribution in [1.82, 2.24) is 9.97 Å². The Morgan fingerprint density at radius 3 is 2.43 bits per heavy atom. The van der Waals surface area contributed by atoms with E-state index < -0.39 is 0 Å². The zero-order valence-corrected chi connectivity index (χ0v) is 13.4. The molecule has 3 aromatic rings. The van der Waals surface area contributed by atoms with E-state index in [4.69, 9.17) is 11.6 Å². The van der Waals surface area contributed by atoms with Gasteiger partial charge in [0.2, 0.25) is 0 Å². The fourth-order valence-corrected chi connectivity index (χ4v) is 2.60. The Morgan fingerprint density at radius 1 is 1.13 bits per heavy atom. The summed E-state index contributed by atoms with van der Waals surface area (Å²) < 4.78 is 0. The number of amides is 1. The molecule has 0 unspecified atom stereocenters. The molecule has 1 aromatic heterocycles. The lowest BCUT2D eigenvalue weighted by atomic mass is 10.2. The first-order chi connectivity index (χ1) is 11.0. The summed E-state index contributed by atoms with van der Waals surface area (Å²) in [4.78, 5) is 31.1. The molecule has 23 heavy (non-hydrogen) atoms. The maximum absolute atomic E-state index is 12.5. The van der Waals surface area contributed by atoms with Gasteiger partial charge in [0.25, 0.3) is 5.91 Å². The van der Waals surface area contributed by atoms with Crippen LogP contribution in [0.4, 0.5) is 11.4 Å². The van der Waals surface area contributed by atoms with Crippen LogP contribution in [-0.2, 0) is 0 Å². The lowest BCUT2D eigenvalue weighted by Crippen LogP contribution is -2.17. The lowest BCUT2D eigenvalue weighted by Gasteiger charge is -2.18. The number of anilines is 2. The van der Waals surface area contributed by atoms with E-state index in [9.17, 15) is 9.59 Å². The van der Waals surface area contributed by atoms with E-state index in [1.165, 1.54) is 0 Å². The van der Waals surface area contributed by atoms with Gasteiger partial charge in [-0.2, -0.15) is 0 Å². The summed E-state index contributed by atoms with van der Waals surface area (Å²) in [7, 11) is 3.72. The molecule has 0 atom stereocenters. The summed E-state index contributed by atoms with van der Waals surface area (Å²) in [5.74, 6) is -0.309. The Hall–Kier alpha value is -2.73. The highest BCUT2D eigenvalue weighted by molar-refractivity contribution is 6.34. The topological polar surface area (TPSA) is 81.0 Å². The number of H-pyrrole nitrogens is 2. The minimum atomic E-state index is -0.309. The third-order valence-electron chi connectivity index (χ3n) is 3.48. The van der Waals surface area contributed by atoms with E-state index in [1.807, 2.05) is 19.0 Å². The third-order valence-corrected chi connectivity index (χ3v) is 3.81. The van der Waals surface area contributed by atoms with Crippen molar-refractivity contribution in [2.45, 2.75) is 0 Å². The van der Waals surface area contributed by atoms with Crippen molar-refractivity contribution in [3.05, 3.63) is 57.5 Å². The molecule has 3 N–H and O–H groups in total. The van der Waals surface area contributed by atoms with Gasteiger partial charge >= 0.3 is 5.69 Å². The van der Waals surface area contributed by atoms with Gasteiger partial charge in [0.1, 0.15) is 0 Å². The number of hydrogen-bond donors (Lipinski definition) is 3. The molecule has 0 aliphatic heterocycles. The number of aromatic nitrogens is 2. The number of nitrogens with one attached hydrogen (secondary N) is 3. The molecule has 0 saturated carbocycles. The number of aromatic amines is 2. The highest BCUT2D eigenvalue weighted by Crippen LogP contribution is 2.29. The zero-order chi connectivity index (χ0) is 16.6.